The Morgan fingerprint density at radius 3 is 3.00 bits per heavy atom. The number of thiazole rings is 1. The van der Waals surface area contributed by atoms with E-state index in [1.54, 1.807) is 0 Å². The topological polar surface area (TPSA) is 62.2 Å². The summed E-state index contributed by atoms with van der Waals surface area (Å²) in [5.74, 6) is 3.95. The van der Waals surface area contributed by atoms with Gasteiger partial charge in [0.2, 0.25) is 0 Å². The van der Waals surface area contributed by atoms with Gasteiger partial charge in [0.15, 0.2) is 0 Å². The van der Waals surface area contributed by atoms with Gasteiger partial charge in [-0.1, -0.05) is 11.8 Å². The van der Waals surface area contributed by atoms with E-state index in [1.165, 1.54) is 29.5 Å². The van der Waals surface area contributed by atoms with E-state index in [-0.39, 0.29) is 18.7 Å². The molecular formula is C15H13FN2O2S. The molecule has 0 atom stereocenters. The fraction of sp³-hybridized carbons (Fsp3) is 0.200. The van der Waals surface area contributed by atoms with E-state index in [0.717, 1.165) is 10.7 Å². The maximum atomic E-state index is 13.7. The molecule has 0 fully saturated rings. The van der Waals surface area contributed by atoms with E-state index < -0.39 is 11.7 Å². The molecule has 0 unspecified atom stereocenters. The number of amides is 1. The molecule has 108 valence electrons. The molecule has 0 aliphatic carbocycles. The van der Waals surface area contributed by atoms with Gasteiger partial charge in [0.25, 0.3) is 5.91 Å². The van der Waals surface area contributed by atoms with E-state index in [1.807, 2.05) is 12.3 Å². The number of aromatic nitrogens is 1. The van der Waals surface area contributed by atoms with E-state index in [0.29, 0.717) is 5.56 Å². The van der Waals surface area contributed by atoms with Crippen molar-refractivity contribution >= 4 is 17.2 Å². The molecule has 4 nitrogen and oxygen atoms in total. The summed E-state index contributed by atoms with van der Waals surface area (Å²) in [5, 5.41) is 14.0. The van der Waals surface area contributed by atoms with Crippen LogP contribution < -0.4 is 5.32 Å². The molecule has 1 aromatic heterocycles. The maximum absolute atomic E-state index is 13.7. The largest absolute Gasteiger partial charge is 0.384 e. The number of nitrogens with one attached hydrogen (secondary N) is 1. The highest BCUT2D eigenvalue weighted by Crippen LogP contribution is 2.11. The van der Waals surface area contributed by atoms with Crippen LogP contribution in [0.2, 0.25) is 0 Å². The Bertz CT molecular complexity index is 716. The number of hydrogen-bond acceptors (Lipinski definition) is 4. The number of aliphatic hydroxyl groups is 1. The monoisotopic (exact) mass is 304 g/mol. The fourth-order valence-corrected chi connectivity index (χ4v) is 2.29. The van der Waals surface area contributed by atoms with Crippen molar-refractivity contribution in [3.63, 3.8) is 0 Å². The lowest BCUT2D eigenvalue weighted by molar-refractivity contribution is 0.0946. The SMILES string of the molecule is Cc1nc(CNC(=O)c2cc(C#CCO)ccc2F)cs1. The second-order valence-electron chi connectivity index (χ2n) is 4.20. The second-order valence-corrected chi connectivity index (χ2v) is 5.26. The van der Waals surface area contributed by atoms with Crippen LogP contribution in [0.15, 0.2) is 23.6 Å². The van der Waals surface area contributed by atoms with Gasteiger partial charge in [-0.05, 0) is 25.1 Å². The fourth-order valence-electron chi connectivity index (χ4n) is 1.67. The lowest BCUT2D eigenvalue weighted by atomic mass is 10.1. The minimum atomic E-state index is -0.614. The van der Waals surface area contributed by atoms with Gasteiger partial charge in [-0.2, -0.15) is 0 Å². The van der Waals surface area contributed by atoms with E-state index in [2.05, 4.69) is 22.1 Å². The number of halogens is 1. The molecule has 6 heteroatoms. The quantitative estimate of drug-likeness (QED) is 0.851. The van der Waals surface area contributed by atoms with Gasteiger partial charge in [-0.25, -0.2) is 9.37 Å². The van der Waals surface area contributed by atoms with Crippen LogP contribution >= 0.6 is 11.3 Å². The van der Waals surface area contributed by atoms with Crippen molar-refractivity contribution < 1.29 is 14.3 Å². The third-order valence-electron chi connectivity index (χ3n) is 2.62. The normalized spacial score (nSPS) is 9.86. The summed E-state index contributed by atoms with van der Waals surface area (Å²) in [5.41, 5.74) is 1.13. The summed E-state index contributed by atoms with van der Waals surface area (Å²) in [4.78, 5) is 16.2. The molecule has 2 rings (SSSR count). The lowest BCUT2D eigenvalue weighted by Crippen LogP contribution is -2.24. The Kier molecular flexibility index (Phi) is 5.04. The number of hydrogen-bond donors (Lipinski definition) is 2. The Morgan fingerprint density at radius 2 is 2.33 bits per heavy atom. The average Bonchev–Trinajstić information content (AvgIpc) is 2.89. The van der Waals surface area contributed by atoms with Crippen LogP contribution in [0.4, 0.5) is 4.39 Å². The Morgan fingerprint density at radius 1 is 1.52 bits per heavy atom. The van der Waals surface area contributed by atoms with E-state index >= 15 is 0 Å². The summed E-state index contributed by atoms with van der Waals surface area (Å²) in [7, 11) is 0. The van der Waals surface area contributed by atoms with Crippen molar-refractivity contribution in [1.82, 2.24) is 10.3 Å². The molecule has 1 amide bonds. The second kappa shape index (κ2) is 6.97. The molecule has 21 heavy (non-hydrogen) atoms. The molecule has 0 aliphatic rings. The highest BCUT2D eigenvalue weighted by atomic mass is 32.1. The number of benzene rings is 1. The van der Waals surface area contributed by atoms with Gasteiger partial charge in [-0.15, -0.1) is 11.3 Å². The number of carbonyl (C=O) groups is 1. The van der Waals surface area contributed by atoms with Crippen molar-refractivity contribution in [3.05, 3.63) is 51.2 Å². The molecule has 1 heterocycles. The highest BCUT2D eigenvalue weighted by molar-refractivity contribution is 7.09. The van der Waals surface area contributed by atoms with Crippen molar-refractivity contribution in [1.29, 1.82) is 0 Å². The zero-order valence-corrected chi connectivity index (χ0v) is 12.1. The predicted octanol–water partition coefficient (Wildman–Crippen LogP) is 1.86. The summed E-state index contributed by atoms with van der Waals surface area (Å²) >= 11 is 1.49. The molecule has 2 aromatic rings. The summed E-state index contributed by atoms with van der Waals surface area (Å²) < 4.78 is 13.7. The molecule has 0 aliphatic heterocycles. The summed E-state index contributed by atoms with van der Waals surface area (Å²) in [6.45, 7) is 1.83. The number of aliphatic hydroxyl groups excluding tert-OH is 1. The van der Waals surface area contributed by atoms with Gasteiger partial charge >= 0.3 is 0 Å². The first-order valence-corrected chi connectivity index (χ1v) is 7.06. The Hall–Kier alpha value is -2.23. The van der Waals surface area contributed by atoms with Crippen molar-refractivity contribution in [2.24, 2.45) is 0 Å². The van der Waals surface area contributed by atoms with E-state index in [4.69, 9.17) is 5.11 Å². The molecule has 0 spiro atoms. The Balaban J connectivity index is 2.10. The molecule has 1 aromatic carbocycles. The van der Waals surface area contributed by atoms with Gasteiger partial charge in [0, 0.05) is 10.9 Å². The van der Waals surface area contributed by atoms with Crippen LogP contribution in [0.1, 0.15) is 26.6 Å². The molecule has 0 saturated carbocycles. The van der Waals surface area contributed by atoms with Crippen LogP contribution in [0.25, 0.3) is 0 Å². The van der Waals surface area contributed by atoms with Crippen LogP contribution in [0.5, 0.6) is 0 Å². The van der Waals surface area contributed by atoms with E-state index in [9.17, 15) is 9.18 Å². The molecule has 0 saturated heterocycles. The number of nitrogens with zero attached hydrogens (tertiary/aromatic N) is 1. The van der Waals surface area contributed by atoms with Crippen LogP contribution in [0.3, 0.4) is 0 Å². The third-order valence-corrected chi connectivity index (χ3v) is 3.44. The maximum Gasteiger partial charge on any atom is 0.254 e. The van der Waals surface area contributed by atoms with Crippen LogP contribution in [0, 0.1) is 24.6 Å². The average molecular weight is 304 g/mol. The van der Waals surface area contributed by atoms with Crippen molar-refractivity contribution in [2.75, 3.05) is 6.61 Å². The zero-order chi connectivity index (χ0) is 15.2. The van der Waals surface area contributed by atoms with Crippen LogP contribution in [-0.2, 0) is 6.54 Å². The number of rotatable bonds is 3. The minimum absolute atomic E-state index is 0.0771. The van der Waals surface area contributed by atoms with Crippen LogP contribution in [-0.4, -0.2) is 22.6 Å². The third kappa shape index (κ3) is 4.12. The number of aryl methyl sites for hydroxylation is 1. The first kappa shape index (κ1) is 15.2. The predicted molar refractivity (Wildman–Crippen MR) is 78.4 cm³/mol. The van der Waals surface area contributed by atoms with Gasteiger partial charge < -0.3 is 10.4 Å². The van der Waals surface area contributed by atoms with Gasteiger partial charge in [0.05, 0.1) is 22.8 Å². The summed E-state index contributed by atoms with van der Waals surface area (Å²) in [6, 6.07) is 4.00. The zero-order valence-electron chi connectivity index (χ0n) is 11.3. The Labute approximate surface area is 125 Å². The van der Waals surface area contributed by atoms with Crippen molar-refractivity contribution in [2.45, 2.75) is 13.5 Å². The van der Waals surface area contributed by atoms with Crippen molar-refractivity contribution in [3.8, 4) is 11.8 Å². The molecule has 0 bridgehead atoms. The first-order chi connectivity index (χ1) is 10.1. The highest BCUT2D eigenvalue weighted by Gasteiger charge is 2.12. The molecule has 2 N–H and O–H groups in total. The molecule has 0 radical (unpaired) electrons. The lowest BCUT2D eigenvalue weighted by Gasteiger charge is -2.05. The first-order valence-electron chi connectivity index (χ1n) is 6.18. The standard InChI is InChI=1S/C15H13FN2O2S/c1-10-18-12(9-21-10)8-17-15(20)13-7-11(3-2-6-19)4-5-14(13)16/h4-5,7,9,19H,6,8H2,1H3,(H,17,20). The minimum Gasteiger partial charge on any atom is -0.384 e. The summed E-state index contributed by atoms with van der Waals surface area (Å²) in [6.07, 6.45) is 0. The van der Waals surface area contributed by atoms with Gasteiger partial charge in [0.1, 0.15) is 12.4 Å². The smallest absolute Gasteiger partial charge is 0.254 e. The molecular weight excluding hydrogens is 291 g/mol. The van der Waals surface area contributed by atoms with Gasteiger partial charge in [-0.3, -0.25) is 4.79 Å². The number of carbonyl (C=O) groups excluding carboxylic acids is 1.